The Balaban J connectivity index is 0.00000289. The van der Waals surface area contributed by atoms with Crippen LogP contribution in [0.25, 0.3) is 22.1 Å². The minimum atomic E-state index is -0.270. The van der Waals surface area contributed by atoms with Crippen molar-refractivity contribution in [2.75, 3.05) is 45.9 Å². The quantitative estimate of drug-likeness (QED) is 0.468. The number of hydrogen-bond donors (Lipinski definition) is 3. The third kappa shape index (κ3) is 5.92. The van der Waals surface area contributed by atoms with E-state index in [1.54, 1.807) is 0 Å². The highest BCUT2D eigenvalue weighted by atomic mass is 35.5. The van der Waals surface area contributed by atoms with E-state index in [0.29, 0.717) is 30.2 Å². The monoisotopic (exact) mass is 462 g/mol. The maximum absolute atomic E-state index is 12.3. The summed E-state index contributed by atoms with van der Waals surface area (Å²) in [6.07, 6.45) is 0.722. The average molecular weight is 463 g/mol. The van der Waals surface area contributed by atoms with Crippen molar-refractivity contribution in [3.8, 4) is 5.75 Å². The normalized spacial score (nSPS) is 14.7. The van der Waals surface area contributed by atoms with Crippen molar-refractivity contribution in [3.05, 3.63) is 34.7 Å². The Labute approximate surface area is 192 Å². The van der Waals surface area contributed by atoms with Crippen molar-refractivity contribution in [1.82, 2.24) is 30.1 Å². The molecule has 0 atom stereocenters. The maximum atomic E-state index is 12.3. The Hall–Kier alpha value is -2.78. The predicted molar refractivity (Wildman–Crippen MR) is 128 cm³/mol. The molecule has 1 aliphatic heterocycles. The van der Waals surface area contributed by atoms with Crippen molar-refractivity contribution < 1.29 is 9.53 Å². The van der Waals surface area contributed by atoms with Gasteiger partial charge in [-0.05, 0) is 36.6 Å². The van der Waals surface area contributed by atoms with E-state index >= 15 is 0 Å². The van der Waals surface area contributed by atoms with E-state index in [1.807, 2.05) is 29.2 Å². The largest absolute Gasteiger partial charge is 0.494 e. The highest BCUT2D eigenvalue weighted by Gasteiger charge is 2.20. The lowest BCUT2D eigenvalue weighted by Gasteiger charge is -2.35. The number of pyridine rings is 1. The van der Waals surface area contributed by atoms with E-state index in [-0.39, 0.29) is 24.1 Å². The molecule has 4 rings (SSSR count). The van der Waals surface area contributed by atoms with Crippen molar-refractivity contribution in [1.29, 1.82) is 0 Å². The fourth-order valence-corrected chi connectivity index (χ4v) is 3.92. The third-order valence-corrected chi connectivity index (χ3v) is 5.42. The van der Waals surface area contributed by atoms with Crippen LogP contribution in [0.5, 0.6) is 5.75 Å². The van der Waals surface area contributed by atoms with E-state index in [4.69, 9.17) is 4.74 Å². The lowest BCUT2D eigenvalue weighted by Crippen LogP contribution is -2.52. The molecule has 0 bridgehead atoms. The molecule has 32 heavy (non-hydrogen) atoms. The summed E-state index contributed by atoms with van der Waals surface area (Å²) in [6.45, 7) is 10.0. The number of ether oxygens (including phenoxy) is 1. The van der Waals surface area contributed by atoms with E-state index in [2.05, 4.69) is 39.0 Å². The van der Waals surface area contributed by atoms with Crippen LogP contribution in [-0.2, 0) is 0 Å². The number of aromatic nitrogens is 3. The summed E-state index contributed by atoms with van der Waals surface area (Å²) in [5.41, 5.74) is 1.73. The van der Waals surface area contributed by atoms with E-state index in [1.165, 1.54) is 0 Å². The highest BCUT2D eigenvalue weighted by molar-refractivity contribution is 5.90. The second-order valence-corrected chi connectivity index (χ2v) is 8.43. The molecule has 3 heterocycles. The van der Waals surface area contributed by atoms with Crippen LogP contribution < -0.4 is 15.7 Å². The molecule has 0 radical (unpaired) electrons. The molecule has 0 spiro atoms. The number of carbonyl (C=O) groups is 1. The van der Waals surface area contributed by atoms with Gasteiger partial charge in [0.1, 0.15) is 5.75 Å². The molecule has 1 aromatic carbocycles. The Bertz CT molecular complexity index is 1100. The highest BCUT2D eigenvalue weighted by Crippen LogP contribution is 2.22. The standard InChI is InChI=1S/C22H30N6O3.ClH/c1-15(2)14-27-7-9-28(10-8-27)22(30)23-6-3-11-31-17-4-5-18-16(12-17)13-19-20(24-18)26-21(29)25-19;/h4-5,12-13,15H,3,6-11,14H2,1-2H3,(H,23,30)(H2,24,25,26,29);1H. The molecule has 1 saturated heterocycles. The van der Waals surface area contributed by atoms with Crippen LogP contribution in [-0.4, -0.2) is 76.7 Å². The predicted octanol–water partition coefficient (Wildman–Crippen LogP) is 2.58. The van der Waals surface area contributed by atoms with Crippen LogP contribution in [0.2, 0.25) is 0 Å². The minimum Gasteiger partial charge on any atom is -0.494 e. The molecule has 9 nitrogen and oxygen atoms in total. The number of hydrogen-bond acceptors (Lipinski definition) is 5. The number of amides is 2. The molecule has 1 fully saturated rings. The first kappa shape index (κ1) is 23.9. The molecule has 3 N–H and O–H groups in total. The Morgan fingerprint density at radius 3 is 2.72 bits per heavy atom. The van der Waals surface area contributed by atoms with Gasteiger partial charge in [0.15, 0.2) is 5.65 Å². The number of fused-ring (bicyclic) bond motifs is 2. The number of carbonyl (C=O) groups excluding carboxylic acids is 1. The van der Waals surface area contributed by atoms with Crippen molar-refractivity contribution in [3.63, 3.8) is 0 Å². The van der Waals surface area contributed by atoms with Crippen molar-refractivity contribution >= 4 is 40.5 Å². The van der Waals surface area contributed by atoms with Crippen LogP contribution in [0, 0.1) is 5.92 Å². The number of H-pyrrole nitrogens is 2. The second kappa shape index (κ2) is 10.7. The van der Waals surface area contributed by atoms with Gasteiger partial charge in [0, 0.05) is 44.7 Å². The van der Waals surface area contributed by atoms with Gasteiger partial charge in [-0.3, -0.25) is 9.88 Å². The maximum Gasteiger partial charge on any atom is 0.325 e. The molecule has 3 aromatic rings. The van der Waals surface area contributed by atoms with E-state index in [0.717, 1.165) is 55.8 Å². The third-order valence-electron chi connectivity index (χ3n) is 5.42. The van der Waals surface area contributed by atoms with Crippen LogP contribution in [0.15, 0.2) is 29.1 Å². The summed E-state index contributed by atoms with van der Waals surface area (Å²) < 4.78 is 5.83. The molecule has 0 unspecified atom stereocenters. The zero-order chi connectivity index (χ0) is 21.8. The smallest absolute Gasteiger partial charge is 0.325 e. The lowest BCUT2D eigenvalue weighted by molar-refractivity contribution is 0.131. The summed E-state index contributed by atoms with van der Waals surface area (Å²) in [4.78, 5) is 37.9. The zero-order valence-electron chi connectivity index (χ0n) is 18.5. The molecule has 2 aromatic heterocycles. The lowest BCUT2D eigenvalue weighted by atomic mass is 10.2. The van der Waals surface area contributed by atoms with Gasteiger partial charge in [0.25, 0.3) is 0 Å². The molecule has 174 valence electrons. The number of imidazole rings is 1. The molecular weight excluding hydrogens is 432 g/mol. The Kier molecular flexibility index (Phi) is 7.98. The molecule has 1 aliphatic rings. The summed E-state index contributed by atoms with van der Waals surface area (Å²) in [5.74, 6) is 1.39. The number of urea groups is 1. The van der Waals surface area contributed by atoms with Gasteiger partial charge in [-0.1, -0.05) is 13.8 Å². The number of rotatable bonds is 7. The summed E-state index contributed by atoms with van der Waals surface area (Å²) in [6, 6.07) is 7.52. The Morgan fingerprint density at radius 1 is 1.19 bits per heavy atom. The average Bonchev–Trinajstić information content (AvgIpc) is 3.10. The molecular formula is C22H31ClN6O3. The number of piperazine rings is 1. The van der Waals surface area contributed by atoms with E-state index < -0.39 is 0 Å². The fourth-order valence-electron chi connectivity index (χ4n) is 3.92. The molecule has 0 aliphatic carbocycles. The molecule has 10 heteroatoms. The van der Waals surface area contributed by atoms with Crippen molar-refractivity contribution in [2.45, 2.75) is 20.3 Å². The number of aromatic amines is 2. The number of benzene rings is 1. The Morgan fingerprint density at radius 2 is 1.97 bits per heavy atom. The van der Waals surface area contributed by atoms with Crippen LogP contribution in [0.3, 0.4) is 0 Å². The number of halogens is 1. The molecule has 2 amide bonds. The summed E-state index contributed by atoms with van der Waals surface area (Å²) in [5, 5.41) is 3.88. The van der Waals surface area contributed by atoms with Gasteiger partial charge in [0.2, 0.25) is 0 Å². The minimum absolute atomic E-state index is 0. The first-order valence-electron chi connectivity index (χ1n) is 10.9. The fraction of sp³-hybridized carbons (Fsp3) is 0.500. The number of nitrogens with zero attached hydrogens (tertiary/aromatic N) is 3. The van der Waals surface area contributed by atoms with Gasteiger partial charge in [0.05, 0.1) is 17.6 Å². The van der Waals surface area contributed by atoms with Crippen LogP contribution in [0.4, 0.5) is 4.79 Å². The van der Waals surface area contributed by atoms with E-state index in [9.17, 15) is 9.59 Å². The van der Waals surface area contributed by atoms with Crippen LogP contribution >= 0.6 is 12.4 Å². The topological polar surface area (TPSA) is 106 Å². The van der Waals surface area contributed by atoms with Gasteiger partial charge in [-0.25, -0.2) is 14.6 Å². The van der Waals surface area contributed by atoms with Gasteiger partial charge in [-0.2, -0.15) is 0 Å². The summed E-state index contributed by atoms with van der Waals surface area (Å²) in [7, 11) is 0. The first-order valence-corrected chi connectivity index (χ1v) is 10.9. The molecule has 0 saturated carbocycles. The first-order chi connectivity index (χ1) is 15.0. The SMILES string of the molecule is CC(C)CN1CCN(C(=O)NCCCOc2ccc3nc4[nH]c(=O)[nH]c4cc3c2)CC1.Cl. The van der Waals surface area contributed by atoms with Crippen LogP contribution in [0.1, 0.15) is 20.3 Å². The van der Waals surface area contributed by atoms with Crippen molar-refractivity contribution in [2.24, 2.45) is 5.92 Å². The second-order valence-electron chi connectivity index (χ2n) is 8.43. The zero-order valence-corrected chi connectivity index (χ0v) is 19.3. The van der Waals surface area contributed by atoms with Gasteiger partial charge in [-0.15, -0.1) is 12.4 Å². The summed E-state index contributed by atoms with van der Waals surface area (Å²) >= 11 is 0. The number of nitrogens with one attached hydrogen (secondary N) is 3. The van der Waals surface area contributed by atoms with Gasteiger partial charge >= 0.3 is 11.7 Å². The van der Waals surface area contributed by atoms with Gasteiger partial charge < -0.3 is 19.9 Å².